The average Bonchev–Trinajstić information content (AvgIpc) is 4.05. The molecule has 2 saturated heterocycles. The summed E-state index contributed by atoms with van der Waals surface area (Å²) in [6.45, 7) is -0.0706. The first kappa shape index (κ1) is 55.4. The van der Waals surface area contributed by atoms with E-state index in [4.69, 9.17) is 0 Å². The minimum absolute atomic E-state index is 0.00199. The number of Topliss-reactive ketones (excluding diaryl/α,β-unsaturated/α-hetero) is 2. The maximum absolute atomic E-state index is 13.4. The largest absolute Gasteiger partial charge is 0.433 e. The molecule has 2 aliphatic rings. The molecule has 27 heteroatoms. The fourth-order valence-electron chi connectivity index (χ4n) is 8.53. The number of aryl methyl sites for hydroxylation is 2. The quantitative estimate of drug-likeness (QED) is 0.0247. The van der Waals surface area contributed by atoms with E-state index in [0.29, 0.717) is 35.2 Å². The number of benzene rings is 2. The summed E-state index contributed by atoms with van der Waals surface area (Å²) >= 11 is 0. The summed E-state index contributed by atoms with van der Waals surface area (Å²) in [4.78, 5) is 61.5. The Morgan fingerprint density at radius 1 is 0.600 bits per heavy atom. The number of nitrogens with zero attached hydrogens (tertiary/aromatic N) is 9. The molecule has 0 radical (unpaired) electrons. The van der Waals surface area contributed by atoms with Gasteiger partial charge in [0.2, 0.25) is 20.0 Å². The lowest BCUT2D eigenvalue weighted by atomic mass is 9.90. The first-order valence-electron chi connectivity index (χ1n) is 22.4. The third-order valence-corrected chi connectivity index (χ3v) is 16.2. The van der Waals surface area contributed by atoms with Crippen LogP contribution in [0.1, 0.15) is 61.3 Å². The fraction of sp³-hybridized carbons (Fsp3) is 0.292. The van der Waals surface area contributed by atoms with Crippen LogP contribution in [-0.2, 0) is 59.6 Å². The third-order valence-electron chi connectivity index (χ3n) is 12.3. The molecule has 2 atom stereocenters. The second-order valence-electron chi connectivity index (χ2n) is 17.0. The molecule has 6 aromatic rings. The number of aldehydes is 1. The van der Waals surface area contributed by atoms with E-state index in [1.807, 2.05) is 0 Å². The molecule has 0 unspecified atom stereocenters. The van der Waals surface area contributed by atoms with E-state index < -0.39 is 78.1 Å². The Morgan fingerprint density at radius 2 is 1.00 bits per heavy atom. The summed E-state index contributed by atoms with van der Waals surface area (Å²) in [5.74, 6) is -2.42. The standard InChI is InChI=1S/C24H21F4N5O4S.C24H20F4N4O4S/c25-17-3-6-19(7-4-17)38(36,37)33-11-1-10-23(33,14-32-35)22(34)9-5-18-12-20(31-15-30-18)16-2-8-21(29-13-16)24(26,27)28;25-17-3-6-19(7-4-17)37(35,36)32-11-1-10-23(32,14-33)22(34)9-5-18-12-20(31-15-30-18)16-2-8-21(29-13-16)24(26,27)28/h2-4,6-8,12-15,35H,1,5,9-11H2;2-4,6-8,12-15H,1,5,9-11H2/b32-14+;/t2*23-/m11/s1. The highest BCUT2D eigenvalue weighted by molar-refractivity contribution is 7.89. The maximum Gasteiger partial charge on any atom is 0.433 e. The molecule has 0 spiro atoms. The van der Waals surface area contributed by atoms with Gasteiger partial charge in [-0.3, -0.25) is 19.6 Å². The van der Waals surface area contributed by atoms with E-state index in [0.717, 1.165) is 87.9 Å². The van der Waals surface area contributed by atoms with E-state index in [1.54, 1.807) is 0 Å². The number of ketones is 2. The zero-order valence-corrected chi connectivity index (χ0v) is 40.4. The summed E-state index contributed by atoms with van der Waals surface area (Å²) in [5.41, 5.74) is -3.82. The Bertz CT molecular complexity index is 3300. The van der Waals surface area contributed by atoms with Gasteiger partial charge in [0.15, 0.2) is 11.6 Å². The maximum atomic E-state index is 13.4. The molecule has 1 N–H and O–H groups in total. The van der Waals surface area contributed by atoms with Gasteiger partial charge in [-0.1, -0.05) is 5.16 Å². The molecule has 8 rings (SSSR count). The number of hydrogen-bond acceptors (Lipinski definition) is 15. The summed E-state index contributed by atoms with van der Waals surface area (Å²) in [7, 11) is -8.50. The van der Waals surface area contributed by atoms with Crippen molar-refractivity contribution in [3.05, 3.63) is 144 Å². The topological polar surface area (TPSA) is 236 Å². The molecule has 0 bridgehead atoms. The second kappa shape index (κ2) is 22.2. The van der Waals surface area contributed by atoms with Gasteiger partial charge in [0.25, 0.3) is 0 Å². The van der Waals surface area contributed by atoms with Crippen LogP contribution >= 0.6 is 0 Å². The van der Waals surface area contributed by atoms with Gasteiger partial charge < -0.3 is 10.0 Å². The molecule has 6 heterocycles. The Kier molecular flexibility index (Phi) is 16.4. The predicted octanol–water partition coefficient (Wildman–Crippen LogP) is 7.50. The summed E-state index contributed by atoms with van der Waals surface area (Å²) in [6.07, 6.45) is -3.17. The molecular weight excluding hydrogens is 1050 g/mol. The van der Waals surface area contributed by atoms with E-state index in [2.05, 4.69) is 35.1 Å². The number of rotatable bonds is 16. The first-order valence-corrected chi connectivity index (χ1v) is 25.3. The highest BCUT2D eigenvalue weighted by Gasteiger charge is 2.53. The van der Waals surface area contributed by atoms with Crippen molar-refractivity contribution in [3.8, 4) is 22.5 Å². The fourth-order valence-corrected chi connectivity index (χ4v) is 12.1. The Labute approximate surface area is 422 Å². The molecule has 75 heavy (non-hydrogen) atoms. The normalized spacial score (nSPS) is 18.7. The molecule has 394 valence electrons. The van der Waals surface area contributed by atoms with Crippen molar-refractivity contribution in [3.63, 3.8) is 0 Å². The van der Waals surface area contributed by atoms with Crippen molar-refractivity contribution in [2.24, 2.45) is 5.16 Å². The lowest BCUT2D eigenvalue weighted by Gasteiger charge is -2.32. The second-order valence-corrected chi connectivity index (χ2v) is 20.7. The third kappa shape index (κ3) is 12.1. The number of aromatic nitrogens is 6. The lowest BCUT2D eigenvalue weighted by molar-refractivity contribution is -0.141. The monoisotopic (exact) mass is 1090 g/mol. The SMILES string of the molecule is O=C(CCc1cc(-c2ccc(C(F)(F)F)nc2)ncn1)[C@]1(/C=N/O)CCCN1S(=O)(=O)c1ccc(F)cc1.O=C[C@@]1(C(=O)CCc2cc(-c3ccc(C(F)(F)F)nc3)ncn2)CCCN1S(=O)(=O)c1ccc(F)cc1. The van der Waals surface area contributed by atoms with Crippen LogP contribution in [0.3, 0.4) is 0 Å². The molecule has 2 aliphatic heterocycles. The first-order chi connectivity index (χ1) is 35.4. The van der Waals surface area contributed by atoms with Crippen molar-refractivity contribution >= 4 is 44.1 Å². The molecule has 17 nitrogen and oxygen atoms in total. The van der Waals surface area contributed by atoms with Gasteiger partial charge in [0.1, 0.15) is 53.0 Å². The number of carbonyl (C=O) groups is 3. The molecule has 2 fully saturated rings. The number of oxime groups is 1. The summed E-state index contributed by atoms with van der Waals surface area (Å²) in [6, 6.07) is 15.3. The van der Waals surface area contributed by atoms with Crippen LogP contribution in [0.25, 0.3) is 22.5 Å². The molecule has 0 amide bonds. The van der Waals surface area contributed by atoms with Gasteiger partial charge >= 0.3 is 12.4 Å². The predicted molar refractivity (Wildman–Crippen MR) is 248 cm³/mol. The van der Waals surface area contributed by atoms with Crippen LogP contribution in [0.5, 0.6) is 0 Å². The molecule has 2 aromatic carbocycles. The highest BCUT2D eigenvalue weighted by atomic mass is 32.2. The van der Waals surface area contributed by atoms with Gasteiger partial charge in [-0.2, -0.15) is 35.0 Å². The molecule has 4 aromatic heterocycles. The zero-order chi connectivity index (χ0) is 54.4. The van der Waals surface area contributed by atoms with Gasteiger partial charge in [-0.15, -0.1) is 0 Å². The van der Waals surface area contributed by atoms with Gasteiger partial charge in [0, 0.05) is 60.8 Å². The number of alkyl halides is 6. The number of carbonyl (C=O) groups excluding carboxylic acids is 3. The van der Waals surface area contributed by atoms with Crippen molar-refractivity contribution in [2.45, 2.75) is 84.6 Å². The van der Waals surface area contributed by atoms with Crippen molar-refractivity contribution in [1.82, 2.24) is 38.5 Å². The minimum atomic E-state index is -4.58. The molecule has 0 aliphatic carbocycles. The van der Waals surface area contributed by atoms with Gasteiger partial charge in [0.05, 0.1) is 27.4 Å². The van der Waals surface area contributed by atoms with Crippen LogP contribution in [-0.4, -0.2) is 109 Å². The van der Waals surface area contributed by atoms with Crippen LogP contribution in [0.2, 0.25) is 0 Å². The van der Waals surface area contributed by atoms with Crippen molar-refractivity contribution < 1.29 is 71.5 Å². The van der Waals surface area contributed by atoms with E-state index in [9.17, 15) is 71.5 Å². The Balaban J connectivity index is 0.000000219. The summed E-state index contributed by atoms with van der Waals surface area (Å²) in [5, 5.41) is 12.3. The van der Waals surface area contributed by atoms with E-state index in [-0.39, 0.29) is 79.2 Å². The Morgan fingerprint density at radius 3 is 1.37 bits per heavy atom. The van der Waals surface area contributed by atoms with E-state index in [1.165, 1.54) is 36.9 Å². The lowest BCUT2D eigenvalue weighted by Crippen LogP contribution is -2.54. The number of halogens is 8. The molecular formula is C48H41F8N9O8S2. The van der Waals surface area contributed by atoms with Crippen LogP contribution < -0.4 is 0 Å². The van der Waals surface area contributed by atoms with E-state index >= 15 is 0 Å². The van der Waals surface area contributed by atoms with Crippen LogP contribution in [0, 0.1) is 11.6 Å². The van der Waals surface area contributed by atoms with Crippen molar-refractivity contribution in [1.29, 1.82) is 0 Å². The van der Waals surface area contributed by atoms with Crippen molar-refractivity contribution in [2.75, 3.05) is 13.1 Å². The average molecular weight is 1090 g/mol. The molecule has 0 saturated carbocycles. The van der Waals surface area contributed by atoms with Crippen LogP contribution in [0.15, 0.2) is 125 Å². The minimum Gasteiger partial charge on any atom is -0.411 e. The van der Waals surface area contributed by atoms with Gasteiger partial charge in [-0.05, 0) is 123 Å². The summed E-state index contributed by atoms with van der Waals surface area (Å²) < 4.78 is 158. The van der Waals surface area contributed by atoms with Gasteiger partial charge in [-0.25, -0.2) is 45.6 Å². The van der Waals surface area contributed by atoms with Crippen LogP contribution in [0.4, 0.5) is 35.1 Å². The zero-order valence-electron chi connectivity index (χ0n) is 38.8. The number of hydrogen-bond donors (Lipinski definition) is 1. The highest BCUT2D eigenvalue weighted by Crippen LogP contribution is 2.38. The number of pyridine rings is 2. The number of sulfonamides is 2. The smallest absolute Gasteiger partial charge is 0.411 e. The Hall–Kier alpha value is -7.36.